The minimum atomic E-state index is -4.17. The minimum Gasteiger partial charge on any atom is -0.476 e. The molecule has 27 heavy (non-hydrogen) atoms. The van der Waals surface area contributed by atoms with Crippen molar-refractivity contribution in [1.82, 2.24) is 5.32 Å². The average molecular weight is 391 g/mol. The number of anilines is 1. The molecular formula is C17H17N3O6S. The number of carbonyl (C=O) groups is 1. The molecule has 0 bridgehead atoms. The number of amides is 1. The van der Waals surface area contributed by atoms with Crippen LogP contribution in [0.25, 0.3) is 0 Å². The third-order valence-corrected chi connectivity index (χ3v) is 6.15. The summed E-state index contributed by atoms with van der Waals surface area (Å²) in [6.07, 6.45) is -1.04. The van der Waals surface area contributed by atoms with E-state index in [0.717, 1.165) is 10.4 Å². The standard InChI is InChI=1S/C17H17N3O6S/c1-11-7-8-12(20(22)23)9-16(11)27(24,25)19-10-15(17(21)18-2)26-14-6-4-3-5-13(14)19/h3-9,15H,10H2,1-2H3,(H,18,21). The molecule has 9 nitrogen and oxygen atoms in total. The summed E-state index contributed by atoms with van der Waals surface area (Å²) in [4.78, 5) is 22.3. The van der Waals surface area contributed by atoms with Gasteiger partial charge in [0.15, 0.2) is 6.10 Å². The molecule has 0 radical (unpaired) electrons. The average Bonchev–Trinajstić information content (AvgIpc) is 2.66. The van der Waals surface area contributed by atoms with Gasteiger partial charge in [-0.05, 0) is 24.6 Å². The molecule has 1 aliphatic heterocycles. The number of para-hydroxylation sites is 2. The normalized spacial score (nSPS) is 16.2. The number of hydrogen-bond donors (Lipinski definition) is 1. The number of sulfonamides is 1. The number of rotatable bonds is 4. The first-order chi connectivity index (χ1) is 12.8. The number of ether oxygens (including phenoxy) is 1. The van der Waals surface area contributed by atoms with Gasteiger partial charge >= 0.3 is 0 Å². The smallest absolute Gasteiger partial charge is 0.270 e. The molecule has 2 aromatic carbocycles. The van der Waals surface area contributed by atoms with Gasteiger partial charge in [-0.15, -0.1) is 0 Å². The van der Waals surface area contributed by atoms with E-state index in [2.05, 4.69) is 5.32 Å². The van der Waals surface area contributed by atoms with Gasteiger partial charge in [-0.1, -0.05) is 18.2 Å². The Balaban J connectivity index is 2.14. The number of nitrogens with zero attached hydrogens (tertiary/aromatic N) is 2. The van der Waals surface area contributed by atoms with Crippen LogP contribution in [0.4, 0.5) is 11.4 Å². The summed E-state index contributed by atoms with van der Waals surface area (Å²) in [5.41, 5.74) is 0.299. The highest BCUT2D eigenvalue weighted by Gasteiger charge is 2.38. The lowest BCUT2D eigenvalue weighted by Crippen LogP contribution is -2.50. The summed E-state index contributed by atoms with van der Waals surface area (Å²) in [6, 6.07) is 10.1. The largest absolute Gasteiger partial charge is 0.476 e. The van der Waals surface area contributed by atoms with Crippen LogP contribution in [0.15, 0.2) is 47.4 Å². The van der Waals surface area contributed by atoms with Crippen molar-refractivity contribution >= 4 is 27.3 Å². The van der Waals surface area contributed by atoms with E-state index in [4.69, 9.17) is 4.74 Å². The molecule has 1 aliphatic rings. The SMILES string of the molecule is CNC(=O)C1CN(S(=O)(=O)c2cc([N+](=O)[O-])ccc2C)c2ccccc2O1. The highest BCUT2D eigenvalue weighted by molar-refractivity contribution is 7.93. The highest BCUT2D eigenvalue weighted by Crippen LogP contribution is 2.37. The van der Waals surface area contributed by atoms with E-state index in [1.807, 2.05) is 0 Å². The summed E-state index contributed by atoms with van der Waals surface area (Å²) >= 11 is 0. The predicted molar refractivity (Wildman–Crippen MR) is 97.3 cm³/mol. The van der Waals surface area contributed by atoms with Crippen molar-refractivity contribution in [3.8, 4) is 5.75 Å². The van der Waals surface area contributed by atoms with E-state index in [-0.39, 0.29) is 28.6 Å². The second-order valence-electron chi connectivity index (χ2n) is 5.93. The summed E-state index contributed by atoms with van der Waals surface area (Å²) < 4.78 is 33.3. The van der Waals surface area contributed by atoms with Crippen LogP contribution < -0.4 is 14.4 Å². The van der Waals surface area contributed by atoms with Crippen molar-refractivity contribution in [2.45, 2.75) is 17.9 Å². The quantitative estimate of drug-likeness (QED) is 0.625. The van der Waals surface area contributed by atoms with Gasteiger partial charge in [0, 0.05) is 19.2 Å². The van der Waals surface area contributed by atoms with E-state index < -0.39 is 27.0 Å². The van der Waals surface area contributed by atoms with Crippen LogP contribution in [0, 0.1) is 17.0 Å². The van der Waals surface area contributed by atoms with Crippen molar-refractivity contribution < 1.29 is 22.9 Å². The fourth-order valence-electron chi connectivity index (χ4n) is 2.83. The Morgan fingerprint density at radius 2 is 2.00 bits per heavy atom. The number of nitrogens with one attached hydrogen (secondary N) is 1. The summed E-state index contributed by atoms with van der Waals surface area (Å²) in [7, 11) is -2.74. The van der Waals surface area contributed by atoms with Crippen molar-refractivity contribution in [3.63, 3.8) is 0 Å². The molecule has 0 saturated carbocycles. The summed E-state index contributed by atoms with van der Waals surface area (Å²) in [5, 5.41) is 13.5. The fourth-order valence-corrected chi connectivity index (χ4v) is 4.55. The Labute approximate surface area is 155 Å². The molecular weight excluding hydrogens is 374 g/mol. The number of fused-ring (bicyclic) bond motifs is 1. The second kappa shape index (κ2) is 6.88. The monoisotopic (exact) mass is 391 g/mol. The molecule has 10 heteroatoms. The molecule has 1 atom stereocenters. The molecule has 0 aliphatic carbocycles. The third-order valence-electron chi connectivity index (χ3n) is 4.22. The topological polar surface area (TPSA) is 119 Å². The van der Waals surface area contributed by atoms with Crippen LogP contribution in [-0.2, 0) is 14.8 Å². The van der Waals surface area contributed by atoms with Gasteiger partial charge in [0.05, 0.1) is 22.1 Å². The van der Waals surface area contributed by atoms with Crippen LogP contribution in [-0.4, -0.2) is 38.9 Å². The van der Waals surface area contributed by atoms with Gasteiger partial charge in [-0.2, -0.15) is 0 Å². The van der Waals surface area contributed by atoms with Gasteiger partial charge in [-0.3, -0.25) is 19.2 Å². The van der Waals surface area contributed by atoms with Crippen LogP contribution in [0.2, 0.25) is 0 Å². The van der Waals surface area contributed by atoms with E-state index in [0.29, 0.717) is 5.56 Å². The molecule has 1 amide bonds. The Kier molecular flexibility index (Phi) is 4.75. The van der Waals surface area contributed by atoms with Gasteiger partial charge in [0.1, 0.15) is 5.75 Å². The molecule has 0 saturated heterocycles. The maximum atomic E-state index is 13.3. The zero-order chi connectivity index (χ0) is 19.8. The maximum absolute atomic E-state index is 13.3. The maximum Gasteiger partial charge on any atom is 0.270 e. The summed E-state index contributed by atoms with van der Waals surface area (Å²) in [5.74, 6) is -0.232. The van der Waals surface area contributed by atoms with Gasteiger partial charge < -0.3 is 10.1 Å². The number of nitro benzene ring substituents is 1. The van der Waals surface area contributed by atoms with E-state index in [9.17, 15) is 23.3 Å². The zero-order valence-electron chi connectivity index (χ0n) is 14.6. The molecule has 142 valence electrons. The molecule has 1 unspecified atom stereocenters. The lowest BCUT2D eigenvalue weighted by atomic mass is 10.2. The Bertz CT molecular complexity index is 1020. The third kappa shape index (κ3) is 3.31. The van der Waals surface area contributed by atoms with Crippen LogP contribution in [0.5, 0.6) is 5.75 Å². The van der Waals surface area contributed by atoms with E-state index >= 15 is 0 Å². The lowest BCUT2D eigenvalue weighted by Gasteiger charge is -2.34. The molecule has 0 spiro atoms. The van der Waals surface area contributed by atoms with Gasteiger partial charge in [-0.25, -0.2) is 8.42 Å². The van der Waals surface area contributed by atoms with Gasteiger partial charge in [0.25, 0.3) is 21.6 Å². The Hall–Kier alpha value is -3.14. The molecule has 2 aromatic rings. The molecule has 1 N–H and O–H groups in total. The molecule has 3 rings (SSSR count). The van der Waals surface area contributed by atoms with Crippen molar-refractivity contribution in [1.29, 1.82) is 0 Å². The van der Waals surface area contributed by atoms with Crippen LogP contribution in [0.3, 0.4) is 0 Å². The van der Waals surface area contributed by atoms with E-state index in [1.165, 1.54) is 19.2 Å². The van der Waals surface area contributed by atoms with Crippen molar-refractivity contribution in [2.24, 2.45) is 0 Å². The lowest BCUT2D eigenvalue weighted by molar-refractivity contribution is -0.385. The zero-order valence-corrected chi connectivity index (χ0v) is 15.4. The minimum absolute atomic E-state index is 0.191. The number of nitro groups is 1. The first kappa shape index (κ1) is 18.6. The highest BCUT2D eigenvalue weighted by atomic mass is 32.2. The predicted octanol–water partition coefficient (Wildman–Crippen LogP) is 1.61. The van der Waals surface area contributed by atoms with E-state index in [1.54, 1.807) is 31.2 Å². The number of non-ortho nitro benzene ring substituents is 1. The fraction of sp³-hybridized carbons (Fsp3) is 0.235. The molecule has 0 aromatic heterocycles. The van der Waals surface area contributed by atoms with Crippen LogP contribution >= 0.6 is 0 Å². The second-order valence-corrected chi connectivity index (χ2v) is 7.76. The number of hydrogen-bond acceptors (Lipinski definition) is 6. The van der Waals surface area contributed by atoms with Gasteiger partial charge in [0.2, 0.25) is 0 Å². The van der Waals surface area contributed by atoms with Crippen LogP contribution in [0.1, 0.15) is 5.56 Å². The number of benzene rings is 2. The first-order valence-electron chi connectivity index (χ1n) is 8.00. The number of aryl methyl sites for hydroxylation is 1. The first-order valence-corrected chi connectivity index (χ1v) is 9.44. The van der Waals surface area contributed by atoms with Crippen molar-refractivity contribution in [2.75, 3.05) is 17.9 Å². The summed E-state index contributed by atoms with van der Waals surface area (Å²) in [6.45, 7) is 1.31. The number of carbonyl (C=O) groups excluding carboxylic acids is 1. The Morgan fingerprint density at radius 3 is 2.67 bits per heavy atom. The number of likely N-dealkylation sites (N-methyl/N-ethyl adjacent to an activating group) is 1. The molecule has 0 fully saturated rings. The Morgan fingerprint density at radius 1 is 1.30 bits per heavy atom. The van der Waals surface area contributed by atoms with Crippen molar-refractivity contribution in [3.05, 3.63) is 58.1 Å². The molecule has 1 heterocycles.